The Morgan fingerprint density at radius 2 is 1.74 bits per heavy atom. The smallest absolute Gasteiger partial charge is 0.335 e. The van der Waals surface area contributed by atoms with Crippen LogP contribution in [0.25, 0.3) is 6.08 Å². The van der Waals surface area contributed by atoms with Crippen molar-refractivity contribution in [1.29, 1.82) is 0 Å². The lowest BCUT2D eigenvalue weighted by atomic mass is 10.1. The van der Waals surface area contributed by atoms with E-state index < -0.39 is 17.8 Å². The van der Waals surface area contributed by atoms with Gasteiger partial charge in [-0.2, -0.15) is 0 Å². The van der Waals surface area contributed by atoms with Gasteiger partial charge in [0.2, 0.25) is 0 Å². The van der Waals surface area contributed by atoms with Gasteiger partial charge in [-0.25, -0.2) is 9.69 Å². The van der Waals surface area contributed by atoms with Crippen LogP contribution in [0.1, 0.15) is 5.56 Å². The number of carbonyl (C=O) groups excluding carboxylic acids is 3. The molecule has 0 spiro atoms. The maximum Gasteiger partial charge on any atom is 0.335 e. The fourth-order valence-electron chi connectivity index (χ4n) is 2.62. The summed E-state index contributed by atoms with van der Waals surface area (Å²) in [5.41, 5.74) is 0.731. The molecular weight excluding hydrogens is 416 g/mol. The first-order chi connectivity index (χ1) is 12.9. The van der Waals surface area contributed by atoms with E-state index in [2.05, 4.69) is 21.2 Å². The largest absolute Gasteiger partial charge is 0.493 e. The number of carbonyl (C=O) groups is 3. The summed E-state index contributed by atoms with van der Waals surface area (Å²) in [5, 5.41) is 2.19. The first-order valence-electron chi connectivity index (χ1n) is 7.83. The van der Waals surface area contributed by atoms with E-state index in [4.69, 9.17) is 9.47 Å². The highest BCUT2D eigenvalue weighted by atomic mass is 79.9. The Labute approximate surface area is 163 Å². The number of barbiturate groups is 1. The zero-order valence-electron chi connectivity index (χ0n) is 14.5. The summed E-state index contributed by atoms with van der Waals surface area (Å²) in [6.45, 7) is 0. The van der Waals surface area contributed by atoms with Gasteiger partial charge < -0.3 is 9.47 Å². The van der Waals surface area contributed by atoms with Crippen LogP contribution >= 0.6 is 15.9 Å². The molecular formula is C19H15BrN2O5. The van der Waals surface area contributed by atoms with Crippen LogP contribution < -0.4 is 19.7 Å². The lowest BCUT2D eigenvalue weighted by Crippen LogP contribution is -2.54. The van der Waals surface area contributed by atoms with Gasteiger partial charge in [0, 0.05) is 4.47 Å². The Hall–Kier alpha value is -3.13. The summed E-state index contributed by atoms with van der Waals surface area (Å²) in [6, 6.07) is 10.8. The zero-order valence-corrected chi connectivity index (χ0v) is 16.1. The lowest BCUT2D eigenvalue weighted by molar-refractivity contribution is -0.122. The molecule has 0 aromatic heterocycles. The van der Waals surface area contributed by atoms with E-state index >= 15 is 0 Å². The average molecular weight is 431 g/mol. The number of benzene rings is 2. The highest BCUT2D eigenvalue weighted by Crippen LogP contribution is 2.29. The van der Waals surface area contributed by atoms with Crippen molar-refractivity contribution in [1.82, 2.24) is 5.32 Å². The summed E-state index contributed by atoms with van der Waals surface area (Å²) in [4.78, 5) is 38.2. The van der Waals surface area contributed by atoms with Gasteiger partial charge in [-0.1, -0.05) is 28.1 Å². The first kappa shape index (κ1) is 18.7. The third-order valence-corrected chi connectivity index (χ3v) is 4.38. The molecule has 1 saturated heterocycles. The number of rotatable bonds is 4. The number of amides is 4. The predicted octanol–water partition coefficient (Wildman–Crippen LogP) is 3.13. The summed E-state index contributed by atoms with van der Waals surface area (Å²) in [7, 11) is 3.00. The summed E-state index contributed by atoms with van der Waals surface area (Å²) in [5.74, 6) is -0.497. The molecule has 3 rings (SSSR count). The van der Waals surface area contributed by atoms with Crippen LogP contribution in [0.2, 0.25) is 0 Å². The second-order valence-corrected chi connectivity index (χ2v) is 6.47. The predicted molar refractivity (Wildman–Crippen MR) is 103 cm³/mol. The molecule has 0 atom stereocenters. The SMILES string of the molecule is COc1ccc(/C=C2/C(=O)NC(=O)N(c3cccc(Br)c3)C2=O)cc1OC. The fourth-order valence-corrected chi connectivity index (χ4v) is 3.00. The number of nitrogens with zero attached hydrogens (tertiary/aromatic N) is 1. The maximum atomic E-state index is 12.8. The molecule has 1 N–H and O–H groups in total. The molecule has 7 nitrogen and oxygen atoms in total. The van der Waals surface area contributed by atoms with Gasteiger partial charge in [0.15, 0.2) is 11.5 Å². The molecule has 0 aliphatic carbocycles. The van der Waals surface area contributed by atoms with Crippen molar-refractivity contribution in [3.05, 3.63) is 58.1 Å². The zero-order chi connectivity index (χ0) is 19.6. The molecule has 1 aliphatic rings. The summed E-state index contributed by atoms with van der Waals surface area (Å²) in [6.07, 6.45) is 1.40. The van der Waals surface area contributed by atoms with E-state index in [1.807, 2.05) is 0 Å². The van der Waals surface area contributed by atoms with Crippen molar-refractivity contribution in [2.45, 2.75) is 0 Å². The van der Waals surface area contributed by atoms with Gasteiger partial charge in [0.1, 0.15) is 5.57 Å². The van der Waals surface area contributed by atoms with Crippen LogP contribution in [0.3, 0.4) is 0 Å². The number of hydrogen-bond acceptors (Lipinski definition) is 5. The van der Waals surface area contributed by atoms with Crippen LogP contribution in [0.15, 0.2) is 52.5 Å². The second kappa shape index (κ2) is 7.63. The Balaban J connectivity index is 2.02. The van der Waals surface area contributed by atoms with Crippen molar-refractivity contribution < 1.29 is 23.9 Å². The average Bonchev–Trinajstić information content (AvgIpc) is 2.64. The summed E-state index contributed by atoms with van der Waals surface area (Å²) >= 11 is 3.30. The molecule has 4 amide bonds. The van der Waals surface area contributed by atoms with Crippen molar-refractivity contribution in [2.75, 3.05) is 19.1 Å². The van der Waals surface area contributed by atoms with E-state index in [0.29, 0.717) is 27.2 Å². The minimum atomic E-state index is -0.799. The number of anilines is 1. The van der Waals surface area contributed by atoms with Crippen molar-refractivity contribution in [3.63, 3.8) is 0 Å². The molecule has 1 fully saturated rings. The Bertz CT molecular complexity index is 970. The molecule has 2 aromatic rings. The van der Waals surface area contributed by atoms with Crippen LogP contribution in [0.4, 0.5) is 10.5 Å². The second-order valence-electron chi connectivity index (χ2n) is 5.55. The monoisotopic (exact) mass is 430 g/mol. The van der Waals surface area contributed by atoms with E-state index in [1.54, 1.807) is 42.5 Å². The number of urea groups is 1. The molecule has 0 bridgehead atoms. The molecule has 2 aromatic carbocycles. The van der Waals surface area contributed by atoms with Crippen LogP contribution in [-0.2, 0) is 9.59 Å². The number of ether oxygens (including phenoxy) is 2. The quantitative estimate of drug-likeness (QED) is 0.594. The molecule has 27 heavy (non-hydrogen) atoms. The molecule has 8 heteroatoms. The Kier molecular flexibility index (Phi) is 5.27. The van der Waals surface area contributed by atoms with E-state index in [-0.39, 0.29) is 5.57 Å². The van der Waals surface area contributed by atoms with Gasteiger partial charge in [-0.05, 0) is 42.0 Å². The fraction of sp³-hybridized carbons (Fsp3) is 0.105. The number of halogens is 1. The molecule has 1 heterocycles. The molecule has 1 aliphatic heterocycles. The van der Waals surface area contributed by atoms with Crippen molar-refractivity contribution in [2.24, 2.45) is 0 Å². The van der Waals surface area contributed by atoms with Crippen LogP contribution in [-0.4, -0.2) is 32.1 Å². The van der Waals surface area contributed by atoms with Gasteiger partial charge >= 0.3 is 6.03 Å². The lowest BCUT2D eigenvalue weighted by Gasteiger charge is -2.26. The van der Waals surface area contributed by atoms with E-state index in [9.17, 15) is 14.4 Å². The van der Waals surface area contributed by atoms with Gasteiger partial charge in [0.25, 0.3) is 11.8 Å². The molecule has 0 saturated carbocycles. The minimum Gasteiger partial charge on any atom is -0.493 e. The van der Waals surface area contributed by atoms with Gasteiger partial charge in [-0.15, -0.1) is 0 Å². The highest BCUT2D eigenvalue weighted by Gasteiger charge is 2.36. The van der Waals surface area contributed by atoms with Crippen molar-refractivity contribution >= 4 is 45.5 Å². The highest BCUT2D eigenvalue weighted by molar-refractivity contribution is 9.10. The standard InChI is InChI=1S/C19H15BrN2O5/c1-26-15-7-6-11(9-16(15)27-2)8-14-17(23)21-19(25)22(18(14)24)13-5-3-4-12(20)10-13/h3-10H,1-2H3,(H,21,23,25)/b14-8-. The van der Waals surface area contributed by atoms with Gasteiger partial charge in [0.05, 0.1) is 19.9 Å². The molecule has 138 valence electrons. The Morgan fingerprint density at radius 3 is 2.41 bits per heavy atom. The number of methoxy groups -OCH3 is 2. The van der Waals surface area contributed by atoms with Gasteiger partial charge in [-0.3, -0.25) is 14.9 Å². The summed E-state index contributed by atoms with van der Waals surface area (Å²) < 4.78 is 11.1. The van der Waals surface area contributed by atoms with Crippen LogP contribution in [0, 0.1) is 0 Å². The minimum absolute atomic E-state index is 0.165. The topological polar surface area (TPSA) is 84.9 Å². The number of hydrogen-bond donors (Lipinski definition) is 1. The normalized spacial score (nSPS) is 15.7. The van der Waals surface area contributed by atoms with E-state index in [1.165, 1.54) is 20.3 Å². The third-order valence-electron chi connectivity index (χ3n) is 3.89. The maximum absolute atomic E-state index is 12.8. The molecule has 0 radical (unpaired) electrons. The van der Waals surface area contributed by atoms with E-state index in [0.717, 1.165) is 4.90 Å². The third kappa shape index (κ3) is 3.70. The van der Waals surface area contributed by atoms with Crippen molar-refractivity contribution in [3.8, 4) is 11.5 Å². The number of nitrogens with one attached hydrogen (secondary N) is 1. The van der Waals surface area contributed by atoms with Crippen LogP contribution in [0.5, 0.6) is 11.5 Å². The first-order valence-corrected chi connectivity index (χ1v) is 8.63. The molecule has 0 unspecified atom stereocenters. The number of imide groups is 2. The Morgan fingerprint density at radius 1 is 1.00 bits per heavy atom.